The zero-order valence-corrected chi connectivity index (χ0v) is 12.4. The van der Waals surface area contributed by atoms with Crippen molar-refractivity contribution in [1.29, 1.82) is 0 Å². The number of hydrogen-bond acceptors (Lipinski definition) is 2. The molecule has 3 heteroatoms. The van der Waals surface area contributed by atoms with Gasteiger partial charge in [-0.25, -0.2) is 0 Å². The van der Waals surface area contributed by atoms with E-state index in [0.29, 0.717) is 12.1 Å². The van der Waals surface area contributed by atoms with Crippen molar-refractivity contribution in [2.75, 3.05) is 0 Å². The van der Waals surface area contributed by atoms with E-state index in [1.165, 1.54) is 5.56 Å². The molecule has 3 nitrogen and oxygen atoms in total. The van der Waals surface area contributed by atoms with Crippen molar-refractivity contribution in [3.05, 3.63) is 71.3 Å². The van der Waals surface area contributed by atoms with Gasteiger partial charge in [-0.1, -0.05) is 49.4 Å². The largest absolute Gasteiger partial charge is 0.349 e. The first-order valence-corrected chi connectivity index (χ1v) is 7.36. The monoisotopic (exact) mass is 282 g/mol. The van der Waals surface area contributed by atoms with Crippen LogP contribution in [0, 0.1) is 0 Å². The third-order valence-corrected chi connectivity index (χ3v) is 3.60. The van der Waals surface area contributed by atoms with Gasteiger partial charge in [0.05, 0.1) is 0 Å². The molecule has 0 bridgehead atoms. The second-order valence-electron chi connectivity index (χ2n) is 5.17. The molecule has 0 fully saturated rings. The number of rotatable bonds is 6. The third-order valence-electron chi connectivity index (χ3n) is 3.60. The molecule has 0 radical (unpaired) electrons. The van der Waals surface area contributed by atoms with Crippen LogP contribution < -0.4 is 11.1 Å². The van der Waals surface area contributed by atoms with E-state index in [-0.39, 0.29) is 11.9 Å². The number of carbonyl (C=O) groups excluding carboxylic acids is 1. The maximum atomic E-state index is 12.3. The van der Waals surface area contributed by atoms with Gasteiger partial charge in [-0.2, -0.15) is 0 Å². The average molecular weight is 282 g/mol. The highest BCUT2D eigenvalue weighted by Crippen LogP contribution is 2.08. The second-order valence-corrected chi connectivity index (χ2v) is 5.17. The summed E-state index contributed by atoms with van der Waals surface area (Å²) in [5.41, 5.74) is 8.51. The fourth-order valence-corrected chi connectivity index (χ4v) is 2.26. The van der Waals surface area contributed by atoms with Crippen LogP contribution in [0.1, 0.15) is 34.8 Å². The SMILES string of the molecule is CCC(Cc1ccccc1)NC(=O)c1ccc(CN)cc1. The van der Waals surface area contributed by atoms with E-state index >= 15 is 0 Å². The number of nitrogens with two attached hydrogens (primary N) is 1. The number of hydrogen-bond donors (Lipinski definition) is 2. The van der Waals surface area contributed by atoms with Crippen LogP contribution in [-0.2, 0) is 13.0 Å². The zero-order valence-electron chi connectivity index (χ0n) is 12.4. The van der Waals surface area contributed by atoms with Crippen LogP contribution in [0.2, 0.25) is 0 Å². The van der Waals surface area contributed by atoms with Gasteiger partial charge in [0.25, 0.3) is 5.91 Å². The summed E-state index contributed by atoms with van der Waals surface area (Å²) in [4.78, 5) is 12.3. The molecule has 0 saturated heterocycles. The molecule has 0 aliphatic heterocycles. The Hall–Kier alpha value is -2.13. The Kier molecular flexibility index (Phi) is 5.52. The second kappa shape index (κ2) is 7.60. The fraction of sp³-hybridized carbons (Fsp3) is 0.278. The van der Waals surface area contributed by atoms with Crippen molar-refractivity contribution in [1.82, 2.24) is 5.32 Å². The van der Waals surface area contributed by atoms with Gasteiger partial charge >= 0.3 is 0 Å². The Morgan fingerprint density at radius 1 is 1.05 bits per heavy atom. The summed E-state index contributed by atoms with van der Waals surface area (Å²) < 4.78 is 0. The van der Waals surface area contributed by atoms with E-state index < -0.39 is 0 Å². The van der Waals surface area contributed by atoms with Gasteiger partial charge in [0, 0.05) is 18.2 Å². The fourth-order valence-electron chi connectivity index (χ4n) is 2.26. The van der Waals surface area contributed by atoms with Crippen molar-refractivity contribution < 1.29 is 4.79 Å². The molecule has 2 aromatic carbocycles. The van der Waals surface area contributed by atoms with Gasteiger partial charge in [0.15, 0.2) is 0 Å². The van der Waals surface area contributed by atoms with Crippen LogP contribution in [0.3, 0.4) is 0 Å². The standard InChI is InChI=1S/C18H22N2O/c1-2-17(12-14-6-4-3-5-7-14)20-18(21)16-10-8-15(13-19)9-11-16/h3-11,17H,2,12-13,19H2,1H3,(H,20,21). The minimum Gasteiger partial charge on any atom is -0.349 e. The maximum Gasteiger partial charge on any atom is 0.251 e. The van der Waals surface area contributed by atoms with E-state index in [1.54, 1.807) is 0 Å². The van der Waals surface area contributed by atoms with Crippen molar-refractivity contribution in [2.45, 2.75) is 32.4 Å². The van der Waals surface area contributed by atoms with Crippen LogP contribution in [0.15, 0.2) is 54.6 Å². The lowest BCUT2D eigenvalue weighted by atomic mass is 10.0. The predicted octanol–water partition coefficient (Wildman–Crippen LogP) is 2.90. The highest BCUT2D eigenvalue weighted by molar-refractivity contribution is 5.94. The van der Waals surface area contributed by atoms with Crippen molar-refractivity contribution in [3.8, 4) is 0 Å². The van der Waals surface area contributed by atoms with Gasteiger partial charge in [0.2, 0.25) is 0 Å². The Balaban J connectivity index is 1.98. The minimum atomic E-state index is -0.0265. The van der Waals surface area contributed by atoms with Gasteiger partial charge in [-0.05, 0) is 36.1 Å². The van der Waals surface area contributed by atoms with Gasteiger partial charge < -0.3 is 11.1 Å². The average Bonchev–Trinajstić information content (AvgIpc) is 2.55. The van der Waals surface area contributed by atoms with E-state index in [1.807, 2.05) is 42.5 Å². The first kappa shape index (κ1) is 15.3. The molecular weight excluding hydrogens is 260 g/mol. The lowest BCUT2D eigenvalue weighted by Gasteiger charge is -2.17. The Labute approximate surface area is 126 Å². The van der Waals surface area contributed by atoms with Gasteiger partial charge in [0.1, 0.15) is 0 Å². The third kappa shape index (κ3) is 4.43. The summed E-state index contributed by atoms with van der Waals surface area (Å²) in [6.45, 7) is 2.58. The molecule has 0 saturated carbocycles. The Morgan fingerprint density at radius 2 is 1.71 bits per heavy atom. The lowest BCUT2D eigenvalue weighted by Crippen LogP contribution is -2.35. The number of amides is 1. The van der Waals surface area contributed by atoms with E-state index in [2.05, 4.69) is 24.4 Å². The summed E-state index contributed by atoms with van der Waals surface area (Å²) >= 11 is 0. The van der Waals surface area contributed by atoms with E-state index in [0.717, 1.165) is 18.4 Å². The summed E-state index contributed by atoms with van der Waals surface area (Å²) in [5, 5.41) is 3.10. The molecule has 110 valence electrons. The maximum absolute atomic E-state index is 12.3. The molecule has 0 heterocycles. The van der Waals surface area contributed by atoms with Crippen LogP contribution in [-0.4, -0.2) is 11.9 Å². The van der Waals surface area contributed by atoms with Crippen LogP contribution in [0.4, 0.5) is 0 Å². The van der Waals surface area contributed by atoms with Crippen LogP contribution in [0.25, 0.3) is 0 Å². The molecule has 2 aromatic rings. The smallest absolute Gasteiger partial charge is 0.251 e. The summed E-state index contributed by atoms with van der Waals surface area (Å²) in [6, 6.07) is 17.8. The molecule has 0 aliphatic carbocycles. The van der Waals surface area contributed by atoms with Crippen molar-refractivity contribution in [2.24, 2.45) is 5.73 Å². The Bertz CT molecular complexity index is 564. The highest BCUT2D eigenvalue weighted by atomic mass is 16.1. The normalized spacial score (nSPS) is 11.9. The van der Waals surface area contributed by atoms with Crippen LogP contribution >= 0.6 is 0 Å². The number of benzene rings is 2. The summed E-state index contributed by atoms with van der Waals surface area (Å²) in [6.07, 6.45) is 1.76. The molecule has 21 heavy (non-hydrogen) atoms. The van der Waals surface area contributed by atoms with Crippen molar-refractivity contribution in [3.63, 3.8) is 0 Å². The van der Waals surface area contributed by atoms with Gasteiger partial charge in [-0.3, -0.25) is 4.79 Å². The number of carbonyl (C=O) groups is 1. The van der Waals surface area contributed by atoms with E-state index in [9.17, 15) is 4.79 Å². The zero-order chi connectivity index (χ0) is 15.1. The first-order chi connectivity index (χ1) is 10.2. The predicted molar refractivity (Wildman–Crippen MR) is 86.0 cm³/mol. The van der Waals surface area contributed by atoms with E-state index in [4.69, 9.17) is 5.73 Å². The molecule has 1 amide bonds. The lowest BCUT2D eigenvalue weighted by molar-refractivity contribution is 0.0936. The quantitative estimate of drug-likeness (QED) is 0.856. The topological polar surface area (TPSA) is 55.1 Å². The Morgan fingerprint density at radius 3 is 2.29 bits per heavy atom. The molecule has 3 N–H and O–H groups in total. The van der Waals surface area contributed by atoms with Gasteiger partial charge in [-0.15, -0.1) is 0 Å². The minimum absolute atomic E-state index is 0.0265. The number of nitrogens with one attached hydrogen (secondary N) is 1. The molecule has 0 aromatic heterocycles. The summed E-state index contributed by atoms with van der Waals surface area (Å²) in [7, 11) is 0. The highest BCUT2D eigenvalue weighted by Gasteiger charge is 2.12. The van der Waals surface area contributed by atoms with Crippen LogP contribution in [0.5, 0.6) is 0 Å². The first-order valence-electron chi connectivity index (χ1n) is 7.36. The molecule has 0 spiro atoms. The summed E-state index contributed by atoms with van der Waals surface area (Å²) in [5.74, 6) is -0.0265. The van der Waals surface area contributed by atoms with Crippen molar-refractivity contribution >= 4 is 5.91 Å². The molecule has 2 rings (SSSR count). The molecule has 1 atom stereocenters. The molecule has 0 aliphatic rings. The molecular formula is C18H22N2O. The molecule has 1 unspecified atom stereocenters.